The summed E-state index contributed by atoms with van der Waals surface area (Å²) in [6.45, 7) is 9.10. The Kier molecular flexibility index (Phi) is 6.73. The molecule has 5 aromatic rings. The van der Waals surface area contributed by atoms with Crippen LogP contribution in [0.5, 0.6) is 5.75 Å². The summed E-state index contributed by atoms with van der Waals surface area (Å²) >= 11 is 0. The molecule has 2 heterocycles. The van der Waals surface area contributed by atoms with Crippen LogP contribution >= 0.6 is 0 Å². The van der Waals surface area contributed by atoms with Crippen LogP contribution in [0.15, 0.2) is 79.0 Å². The first-order chi connectivity index (χ1) is 17.9. The molecule has 0 bridgehead atoms. The van der Waals surface area contributed by atoms with Crippen LogP contribution in [0.2, 0.25) is 0 Å². The summed E-state index contributed by atoms with van der Waals surface area (Å²) < 4.78 is 7.42. The minimum atomic E-state index is -0.142. The van der Waals surface area contributed by atoms with Gasteiger partial charge in [-0.2, -0.15) is 5.10 Å². The minimum Gasteiger partial charge on any atom is -0.494 e. The first-order valence-electron chi connectivity index (χ1n) is 12.5. The van der Waals surface area contributed by atoms with E-state index in [1.54, 1.807) is 0 Å². The molecule has 0 fully saturated rings. The zero-order valence-electron chi connectivity index (χ0n) is 21.6. The van der Waals surface area contributed by atoms with Gasteiger partial charge in [-0.1, -0.05) is 41.5 Å². The second kappa shape index (κ2) is 10.3. The number of rotatable bonds is 7. The molecule has 6 heteroatoms. The molecular formula is C31H30N4O2. The molecule has 0 spiro atoms. The highest BCUT2D eigenvalue weighted by Crippen LogP contribution is 2.29. The Morgan fingerprint density at radius 2 is 1.65 bits per heavy atom. The highest BCUT2D eigenvalue weighted by atomic mass is 16.5. The number of hydrogen-bond acceptors (Lipinski definition) is 4. The molecule has 0 unspecified atom stereocenters. The first-order valence-corrected chi connectivity index (χ1v) is 12.5. The van der Waals surface area contributed by atoms with Crippen LogP contribution in [0.4, 0.5) is 0 Å². The van der Waals surface area contributed by atoms with E-state index in [-0.39, 0.29) is 5.91 Å². The number of pyridine rings is 1. The fraction of sp³-hybridized carbons (Fsp3) is 0.194. The molecule has 0 aliphatic heterocycles. The standard InChI is InChI=1S/C31H30N4O2/c1-5-37-25-13-9-23(10-14-25)18-32-31(36)27-17-30(34-29-15-8-21(3)16-26(27)29)28-19-33-35(22(28)4)24-11-6-20(2)7-12-24/h6-17,19H,5,18H2,1-4H3,(H,32,36). The number of nitrogens with one attached hydrogen (secondary N) is 1. The van der Waals surface area contributed by atoms with Gasteiger partial charge in [0.2, 0.25) is 0 Å². The van der Waals surface area contributed by atoms with Crippen LogP contribution in [0.1, 0.15) is 39.7 Å². The number of amides is 1. The van der Waals surface area contributed by atoms with Gasteiger partial charge < -0.3 is 10.1 Å². The molecule has 0 aliphatic rings. The number of hydrogen-bond donors (Lipinski definition) is 1. The van der Waals surface area contributed by atoms with E-state index in [1.807, 2.05) is 80.2 Å². The van der Waals surface area contributed by atoms with Gasteiger partial charge in [-0.25, -0.2) is 9.67 Å². The molecule has 0 radical (unpaired) electrons. The van der Waals surface area contributed by atoms with Crippen molar-refractivity contribution in [3.8, 4) is 22.7 Å². The van der Waals surface area contributed by atoms with E-state index in [9.17, 15) is 4.79 Å². The van der Waals surface area contributed by atoms with Crippen molar-refractivity contribution in [1.82, 2.24) is 20.1 Å². The maximum atomic E-state index is 13.5. The SMILES string of the molecule is CCOc1ccc(CNC(=O)c2cc(-c3cnn(-c4ccc(C)cc4)c3C)nc3ccc(C)cc23)cc1. The highest BCUT2D eigenvalue weighted by molar-refractivity contribution is 6.07. The van der Waals surface area contributed by atoms with Crippen molar-refractivity contribution in [2.75, 3.05) is 6.61 Å². The predicted molar refractivity (Wildman–Crippen MR) is 147 cm³/mol. The Morgan fingerprint density at radius 1 is 0.919 bits per heavy atom. The smallest absolute Gasteiger partial charge is 0.252 e. The first kappa shape index (κ1) is 24.3. The number of carbonyl (C=O) groups is 1. The number of carbonyl (C=O) groups excluding carboxylic acids is 1. The third-order valence-corrected chi connectivity index (χ3v) is 6.46. The quantitative estimate of drug-likeness (QED) is 0.289. The van der Waals surface area contributed by atoms with Crippen LogP contribution in [0.3, 0.4) is 0 Å². The number of fused-ring (bicyclic) bond motifs is 1. The highest BCUT2D eigenvalue weighted by Gasteiger charge is 2.18. The Morgan fingerprint density at radius 3 is 2.38 bits per heavy atom. The van der Waals surface area contributed by atoms with E-state index in [0.717, 1.165) is 50.4 Å². The summed E-state index contributed by atoms with van der Waals surface area (Å²) in [7, 11) is 0. The number of aromatic nitrogens is 3. The monoisotopic (exact) mass is 490 g/mol. The maximum Gasteiger partial charge on any atom is 0.252 e. The Hall–Kier alpha value is -4.45. The molecule has 37 heavy (non-hydrogen) atoms. The number of aryl methyl sites for hydroxylation is 2. The van der Waals surface area contributed by atoms with Crippen LogP contribution < -0.4 is 10.1 Å². The summed E-state index contributed by atoms with van der Waals surface area (Å²) in [4.78, 5) is 18.4. The van der Waals surface area contributed by atoms with Crippen molar-refractivity contribution in [3.63, 3.8) is 0 Å². The maximum absolute atomic E-state index is 13.5. The normalized spacial score (nSPS) is 11.0. The van der Waals surface area contributed by atoms with Crippen molar-refractivity contribution in [3.05, 3.63) is 107 Å². The van der Waals surface area contributed by atoms with Crippen LogP contribution in [-0.4, -0.2) is 27.3 Å². The van der Waals surface area contributed by atoms with Crippen molar-refractivity contribution in [2.45, 2.75) is 34.2 Å². The summed E-state index contributed by atoms with van der Waals surface area (Å²) in [5.41, 5.74) is 8.20. The summed E-state index contributed by atoms with van der Waals surface area (Å²) in [6.07, 6.45) is 1.82. The molecule has 3 aromatic carbocycles. The van der Waals surface area contributed by atoms with Crippen molar-refractivity contribution >= 4 is 16.8 Å². The topological polar surface area (TPSA) is 69.0 Å². The zero-order chi connectivity index (χ0) is 25.9. The van der Waals surface area contributed by atoms with E-state index >= 15 is 0 Å². The van der Waals surface area contributed by atoms with Gasteiger partial charge in [-0.05, 0) is 75.7 Å². The van der Waals surface area contributed by atoms with E-state index in [4.69, 9.17) is 9.72 Å². The fourth-order valence-corrected chi connectivity index (χ4v) is 4.42. The van der Waals surface area contributed by atoms with Gasteiger partial charge in [-0.15, -0.1) is 0 Å². The summed E-state index contributed by atoms with van der Waals surface area (Å²) in [5.74, 6) is 0.677. The lowest BCUT2D eigenvalue weighted by Gasteiger charge is -2.12. The van der Waals surface area contributed by atoms with Gasteiger partial charge in [0.25, 0.3) is 5.91 Å². The third kappa shape index (κ3) is 5.09. The molecule has 0 saturated carbocycles. The molecule has 2 aromatic heterocycles. The number of benzene rings is 3. The van der Waals surface area contributed by atoms with E-state index < -0.39 is 0 Å². The van der Waals surface area contributed by atoms with E-state index in [2.05, 4.69) is 41.6 Å². The molecule has 0 aliphatic carbocycles. The lowest BCUT2D eigenvalue weighted by molar-refractivity contribution is 0.0952. The molecule has 0 saturated heterocycles. The van der Waals surface area contributed by atoms with Gasteiger partial charge in [0, 0.05) is 17.5 Å². The Labute approximate surface area is 216 Å². The lowest BCUT2D eigenvalue weighted by atomic mass is 10.0. The molecular weight excluding hydrogens is 460 g/mol. The molecule has 1 N–H and O–H groups in total. The van der Waals surface area contributed by atoms with Crippen LogP contribution in [0.25, 0.3) is 27.8 Å². The van der Waals surface area contributed by atoms with Gasteiger partial charge in [0.15, 0.2) is 0 Å². The predicted octanol–water partition coefficient (Wildman–Crippen LogP) is 6.34. The Balaban J connectivity index is 1.49. The van der Waals surface area contributed by atoms with Crippen molar-refractivity contribution in [1.29, 1.82) is 0 Å². The zero-order valence-corrected chi connectivity index (χ0v) is 21.6. The largest absolute Gasteiger partial charge is 0.494 e. The fourth-order valence-electron chi connectivity index (χ4n) is 4.42. The Bertz CT molecular complexity index is 1570. The molecule has 5 rings (SSSR count). The van der Waals surface area contributed by atoms with Crippen LogP contribution in [0, 0.1) is 20.8 Å². The van der Waals surface area contributed by atoms with Gasteiger partial charge in [0.05, 0.1) is 41.0 Å². The molecule has 6 nitrogen and oxygen atoms in total. The second-order valence-corrected chi connectivity index (χ2v) is 9.23. The van der Waals surface area contributed by atoms with E-state index in [1.165, 1.54) is 5.56 Å². The number of ether oxygens (including phenoxy) is 1. The van der Waals surface area contributed by atoms with Gasteiger partial charge >= 0.3 is 0 Å². The second-order valence-electron chi connectivity index (χ2n) is 9.23. The average molecular weight is 491 g/mol. The lowest BCUT2D eigenvalue weighted by Crippen LogP contribution is -2.23. The summed E-state index contributed by atoms with van der Waals surface area (Å²) in [5, 5.41) is 8.53. The number of nitrogens with zero attached hydrogens (tertiary/aromatic N) is 3. The van der Waals surface area contributed by atoms with Crippen molar-refractivity contribution in [2.24, 2.45) is 0 Å². The third-order valence-electron chi connectivity index (χ3n) is 6.46. The van der Waals surface area contributed by atoms with Gasteiger partial charge in [-0.3, -0.25) is 4.79 Å². The molecule has 0 atom stereocenters. The average Bonchev–Trinajstić information content (AvgIpc) is 3.29. The minimum absolute atomic E-state index is 0.142. The van der Waals surface area contributed by atoms with Gasteiger partial charge in [0.1, 0.15) is 5.75 Å². The summed E-state index contributed by atoms with van der Waals surface area (Å²) in [6, 6.07) is 23.9. The van der Waals surface area contributed by atoms with Crippen LogP contribution in [-0.2, 0) is 6.54 Å². The molecule has 186 valence electrons. The molecule has 1 amide bonds. The van der Waals surface area contributed by atoms with Crippen molar-refractivity contribution < 1.29 is 9.53 Å². The van der Waals surface area contributed by atoms with E-state index in [0.29, 0.717) is 18.7 Å².